The van der Waals surface area contributed by atoms with Crippen LogP contribution in [0, 0.1) is 0 Å². The Kier molecular flexibility index (Phi) is 3.87. The first-order valence-corrected chi connectivity index (χ1v) is 6.12. The molecule has 0 bridgehead atoms. The van der Waals surface area contributed by atoms with Crippen molar-refractivity contribution in [1.29, 1.82) is 0 Å². The molecule has 0 amide bonds. The van der Waals surface area contributed by atoms with Crippen LogP contribution in [0.15, 0.2) is 12.3 Å². The van der Waals surface area contributed by atoms with E-state index in [1.54, 1.807) is 0 Å². The monoisotopic (exact) mass is 194 g/mol. The summed E-state index contributed by atoms with van der Waals surface area (Å²) in [5.74, 6) is 0. The van der Waals surface area contributed by atoms with Gasteiger partial charge in [0.1, 0.15) is 0 Å². The van der Waals surface area contributed by atoms with Crippen molar-refractivity contribution in [2.75, 3.05) is 13.1 Å². The Bertz CT molecular complexity index is 189. The lowest BCUT2D eigenvalue weighted by molar-refractivity contribution is 0.176. The summed E-state index contributed by atoms with van der Waals surface area (Å²) in [4.78, 5) is 2.49. The normalized spacial score (nSPS) is 29.7. The summed E-state index contributed by atoms with van der Waals surface area (Å²) in [7, 11) is 0. The first kappa shape index (κ1) is 10.0. The number of hydrogen-bond acceptors (Lipinski definition) is 2. The molecule has 2 rings (SSSR count). The third-order valence-electron chi connectivity index (χ3n) is 3.27. The highest BCUT2D eigenvalue weighted by Crippen LogP contribution is 2.16. The van der Waals surface area contributed by atoms with Gasteiger partial charge in [-0.1, -0.05) is 25.3 Å². The fourth-order valence-electron chi connectivity index (χ4n) is 2.41. The van der Waals surface area contributed by atoms with E-state index in [0.717, 1.165) is 0 Å². The molecule has 1 unspecified atom stereocenters. The fraction of sp³-hybridized carbons (Fsp3) is 0.833. The summed E-state index contributed by atoms with van der Waals surface area (Å²) < 4.78 is 0. The molecule has 0 aromatic heterocycles. The Morgan fingerprint density at radius 3 is 3.00 bits per heavy atom. The van der Waals surface area contributed by atoms with Crippen LogP contribution in [-0.4, -0.2) is 24.2 Å². The molecule has 1 atom stereocenters. The van der Waals surface area contributed by atoms with Gasteiger partial charge in [0.15, 0.2) is 0 Å². The van der Waals surface area contributed by atoms with Crippen LogP contribution in [0.5, 0.6) is 0 Å². The summed E-state index contributed by atoms with van der Waals surface area (Å²) in [6.07, 6.45) is 14.8. The molecule has 1 fully saturated rings. The molecule has 2 nitrogen and oxygen atoms in total. The molecule has 0 saturated carbocycles. The van der Waals surface area contributed by atoms with E-state index in [9.17, 15) is 0 Å². The highest BCUT2D eigenvalue weighted by Gasteiger charge is 2.18. The Morgan fingerprint density at radius 1 is 1.07 bits per heavy atom. The highest BCUT2D eigenvalue weighted by atomic mass is 15.3. The number of rotatable bonds is 0. The number of fused-ring (bicyclic) bond motifs is 1. The first-order valence-electron chi connectivity index (χ1n) is 6.12. The average molecular weight is 194 g/mol. The second-order valence-corrected chi connectivity index (χ2v) is 4.44. The minimum atomic E-state index is 0.623. The van der Waals surface area contributed by atoms with Gasteiger partial charge in [0.05, 0.1) is 6.17 Å². The quantitative estimate of drug-likeness (QED) is 0.637. The number of nitrogens with zero attached hydrogens (tertiary/aromatic N) is 1. The maximum absolute atomic E-state index is 3.61. The van der Waals surface area contributed by atoms with E-state index >= 15 is 0 Å². The van der Waals surface area contributed by atoms with Crippen LogP contribution in [0.25, 0.3) is 0 Å². The second-order valence-electron chi connectivity index (χ2n) is 4.44. The zero-order valence-corrected chi connectivity index (χ0v) is 9.04. The van der Waals surface area contributed by atoms with Crippen LogP contribution in [0.4, 0.5) is 0 Å². The van der Waals surface area contributed by atoms with Crippen LogP contribution in [-0.2, 0) is 0 Å². The van der Waals surface area contributed by atoms with E-state index in [4.69, 9.17) is 0 Å². The van der Waals surface area contributed by atoms with Gasteiger partial charge in [0, 0.05) is 6.54 Å². The Labute approximate surface area is 87.4 Å². The van der Waals surface area contributed by atoms with Gasteiger partial charge in [-0.2, -0.15) is 0 Å². The third-order valence-corrected chi connectivity index (χ3v) is 3.27. The Balaban J connectivity index is 1.94. The van der Waals surface area contributed by atoms with Crippen molar-refractivity contribution in [1.82, 2.24) is 10.2 Å². The molecule has 1 N–H and O–H groups in total. The molecular weight excluding hydrogens is 172 g/mol. The molecule has 0 aromatic carbocycles. The third kappa shape index (κ3) is 2.74. The van der Waals surface area contributed by atoms with Crippen molar-refractivity contribution >= 4 is 0 Å². The molecule has 2 aliphatic heterocycles. The maximum atomic E-state index is 3.61. The Hall–Kier alpha value is -0.500. The zero-order valence-electron chi connectivity index (χ0n) is 9.04. The number of hydrogen-bond donors (Lipinski definition) is 1. The van der Waals surface area contributed by atoms with Gasteiger partial charge in [-0.25, -0.2) is 0 Å². The van der Waals surface area contributed by atoms with Crippen molar-refractivity contribution in [3.05, 3.63) is 12.3 Å². The largest absolute Gasteiger partial charge is 0.362 e. The van der Waals surface area contributed by atoms with Gasteiger partial charge < -0.3 is 4.90 Å². The molecule has 80 valence electrons. The first-order chi connectivity index (χ1) is 6.97. The summed E-state index contributed by atoms with van der Waals surface area (Å²) >= 11 is 0. The standard InChI is InChI=1S/C12H22N2/c1-2-4-6-10-14-11-7-9-13-12(14)8-5-3-1/h6,10,12-13H,1-5,7-9,11H2. The van der Waals surface area contributed by atoms with Gasteiger partial charge in [0.25, 0.3) is 0 Å². The minimum absolute atomic E-state index is 0.623. The van der Waals surface area contributed by atoms with Crippen molar-refractivity contribution in [3.63, 3.8) is 0 Å². The summed E-state index contributed by atoms with van der Waals surface area (Å²) in [5.41, 5.74) is 0. The molecule has 0 aromatic rings. The van der Waals surface area contributed by atoms with E-state index in [1.165, 1.54) is 58.0 Å². The number of allylic oxidation sites excluding steroid dienone is 1. The van der Waals surface area contributed by atoms with E-state index < -0.39 is 0 Å². The van der Waals surface area contributed by atoms with Crippen molar-refractivity contribution in [3.8, 4) is 0 Å². The molecular formula is C12H22N2. The topological polar surface area (TPSA) is 15.3 Å². The van der Waals surface area contributed by atoms with Gasteiger partial charge >= 0.3 is 0 Å². The molecule has 14 heavy (non-hydrogen) atoms. The van der Waals surface area contributed by atoms with Crippen molar-refractivity contribution in [2.24, 2.45) is 0 Å². The van der Waals surface area contributed by atoms with E-state index in [-0.39, 0.29) is 0 Å². The molecule has 0 aliphatic carbocycles. The lowest BCUT2D eigenvalue weighted by Gasteiger charge is -2.36. The van der Waals surface area contributed by atoms with Gasteiger partial charge in [0.2, 0.25) is 0 Å². The lowest BCUT2D eigenvalue weighted by Crippen LogP contribution is -2.48. The van der Waals surface area contributed by atoms with Gasteiger partial charge in [-0.3, -0.25) is 5.32 Å². The highest BCUT2D eigenvalue weighted by molar-refractivity contribution is 4.89. The zero-order chi connectivity index (χ0) is 9.64. The summed E-state index contributed by atoms with van der Waals surface area (Å²) in [6, 6.07) is 0. The SMILES string of the molecule is C1=CN2CCCNC2CCCCCC1. The Morgan fingerprint density at radius 2 is 2.00 bits per heavy atom. The molecule has 1 saturated heterocycles. The minimum Gasteiger partial charge on any atom is -0.362 e. The molecule has 0 radical (unpaired) electrons. The molecule has 0 spiro atoms. The molecule has 2 heterocycles. The average Bonchev–Trinajstić information content (AvgIpc) is 2.25. The van der Waals surface area contributed by atoms with Gasteiger partial charge in [-0.15, -0.1) is 0 Å². The van der Waals surface area contributed by atoms with Crippen LogP contribution in [0.1, 0.15) is 44.9 Å². The molecule has 2 aliphatic rings. The maximum Gasteiger partial charge on any atom is 0.0790 e. The van der Waals surface area contributed by atoms with Crippen LogP contribution >= 0.6 is 0 Å². The predicted octanol–water partition coefficient (Wildman–Crippen LogP) is 2.48. The molecule has 2 heteroatoms. The van der Waals surface area contributed by atoms with Crippen LogP contribution in [0.3, 0.4) is 0 Å². The van der Waals surface area contributed by atoms with E-state index in [0.29, 0.717) is 6.17 Å². The summed E-state index contributed by atoms with van der Waals surface area (Å²) in [5, 5.41) is 3.61. The summed E-state index contributed by atoms with van der Waals surface area (Å²) in [6.45, 7) is 2.45. The number of nitrogens with one attached hydrogen (secondary N) is 1. The lowest BCUT2D eigenvalue weighted by atomic mass is 10.1. The van der Waals surface area contributed by atoms with Crippen LogP contribution < -0.4 is 5.32 Å². The van der Waals surface area contributed by atoms with Crippen molar-refractivity contribution in [2.45, 2.75) is 51.1 Å². The van der Waals surface area contributed by atoms with Gasteiger partial charge in [-0.05, 0) is 38.4 Å². The van der Waals surface area contributed by atoms with E-state index in [2.05, 4.69) is 22.5 Å². The van der Waals surface area contributed by atoms with E-state index in [1.807, 2.05) is 0 Å². The predicted molar refractivity (Wildman–Crippen MR) is 60.0 cm³/mol. The van der Waals surface area contributed by atoms with Crippen LogP contribution in [0.2, 0.25) is 0 Å². The van der Waals surface area contributed by atoms with Crippen molar-refractivity contribution < 1.29 is 0 Å². The fourth-order valence-corrected chi connectivity index (χ4v) is 2.41. The smallest absolute Gasteiger partial charge is 0.0790 e. The second kappa shape index (κ2) is 5.40.